The van der Waals surface area contributed by atoms with Gasteiger partial charge in [0, 0.05) is 0 Å². The molecule has 6 nitrogen and oxygen atoms in total. The van der Waals surface area contributed by atoms with Crippen LogP contribution in [-0.2, 0) is 24.4 Å². The van der Waals surface area contributed by atoms with Crippen molar-refractivity contribution in [1.82, 2.24) is 0 Å². The van der Waals surface area contributed by atoms with Crippen molar-refractivity contribution in [2.24, 2.45) is 0 Å². The first-order valence-corrected chi connectivity index (χ1v) is 9.19. The molecule has 0 saturated heterocycles. The third kappa shape index (κ3) is 4.46. The maximum absolute atomic E-state index is 13.5. The Hall–Kier alpha value is -1.31. The van der Waals surface area contributed by atoms with Crippen molar-refractivity contribution >= 4 is 20.2 Å². The molecule has 0 fully saturated rings. The van der Waals surface area contributed by atoms with Crippen molar-refractivity contribution in [3.8, 4) is 0 Å². The van der Waals surface area contributed by atoms with Crippen molar-refractivity contribution in [2.45, 2.75) is 43.2 Å². The van der Waals surface area contributed by atoms with Gasteiger partial charge in [0.2, 0.25) is 0 Å². The lowest BCUT2D eigenvalue weighted by molar-refractivity contribution is -0.237. The highest BCUT2D eigenvalue weighted by Crippen LogP contribution is 2.40. The van der Waals surface area contributed by atoms with Crippen LogP contribution in [0.1, 0.15) is 16.7 Å². The van der Waals surface area contributed by atoms with Gasteiger partial charge in [-0.3, -0.25) is 4.55 Å². The van der Waals surface area contributed by atoms with Gasteiger partial charge in [0.05, 0.1) is 4.90 Å². The molecule has 1 aromatic carbocycles. The van der Waals surface area contributed by atoms with Crippen LogP contribution >= 0.6 is 0 Å². The van der Waals surface area contributed by atoms with E-state index >= 15 is 0 Å². The number of aryl methyl sites for hydroxylation is 3. The Morgan fingerprint density at radius 1 is 0.960 bits per heavy atom. The van der Waals surface area contributed by atoms with Crippen LogP contribution in [0, 0.1) is 20.8 Å². The fourth-order valence-corrected chi connectivity index (χ4v) is 4.17. The third-order valence-electron chi connectivity index (χ3n) is 3.02. The molecule has 0 saturated carbocycles. The highest BCUT2D eigenvalue weighted by Gasteiger charge is 2.66. The van der Waals surface area contributed by atoms with Gasteiger partial charge in [-0.25, -0.2) is 4.18 Å². The van der Waals surface area contributed by atoms with Crippen molar-refractivity contribution in [3.05, 3.63) is 28.8 Å². The van der Waals surface area contributed by atoms with E-state index in [1.807, 2.05) is 0 Å². The molecule has 1 atom stereocenters. The van der Waals surface area contributed by atoms with Gasteiger partial charge in [-0.2, -0.15) is 38.8 Å². The molecule has 1 unspecified atom stereocenters. The summed E-state index contributed by atoms with van der Waals surface area (Å²) in [5, 5.41) is -5.94. The average molecular weight is 412 g/mol. The topological polar surface area (TPSA) is 97.7 Å². The first kappa shape index (κ1) is 21.7. The zero-order valence-corrected chi connectivity index (χ0v) is 14.6. The minimum Gasteiger partial charge on any atom is -0.281 e. The van der Waals surface area contributed by atoms with E-state index in [0.29, 0.717) is 5.56 Å². The highest BCUT2D eigenvalue weighted by molar-refractivity contribution is 7.87. The molecule has 13 heteroatoms. The van der Waals surface area contributed by atoms with E-state index in [0.717, 1.165) is 0 Å². The summed E-state index contributed by atoms with van der Waals surface area (Å²) in [4.78, 5) is -0.807. The van der Waals surface area contributed by atoms with Gasteiger partial charge in [0.15, 0.2) is 0 Å². The standard InChI is InChI=1S/C12H13F5O6S2/c1-6-4-7(2)9(8(3)5-6)24(18,19)23-10(11(13,14)15)12(16,17)25(20,21)22/h4-5,10H,1-3H3,(H,20,21,22). The van der Waals surface area contributed by atoms with E-state index in [1.165, 1.54) is 26.0 Å². The molecule has 0 aromatic heterocycles. The van der Waals surface area contributed by atoms with Gasteiger partial charge in [-0.1, -0.05) is 17.7 Å². The second-order valence-electron chi connectivity index (χ2n) is 5.24. The van der Waals surface area contributed by atoms with Crippen LogP contribution in [0.2, 0.25) is 0 Å². The molecule has 25 heavy (non-hydrogen) atoms. The zero-order chi connectivity index (χ0) is 20.0. The third-order valence-corrected chi connectivity index (χ3v) is 5.52. The Morgan fingerprint density at radius 3 is 1.68 bits per heavy atom. The summed E-state index contributed by atoms with van der Waals surface area (Å²) >= 11 is 0. The number of hydrogen-bond donors (Lipinski definition) is 1. The first-order chi connectivity index (χ1) is 10.9. The highest BCUT2D eigenvalue weighted by atomic mass is 32.2. The molecule has 144 valence electrons. The van der Waals surface area contributed by atoms with Gasteiger partial charge in [-0.05, 0) is 31.9 Å². The molecule has 0 amide bonds. The monoisotopic (exact) mass is 412 g/mol. The summed E-state index contributed by atoms with van der Waals surface area (Å²) in [7, 11) is -12.0. The minimum absolute atomic E-state index is 0.0893. The summed E-state index contributed by atoms with van der Waals surface area (Å²) in [6.07, 6.45) is -10.7. The van der Waals surface area contributed by atoms with Gasteiger partial charge in [0.25, 0.3) is 16.2 Å². The lowest BCUT2D eigenvalue weighted by Crippen LogP contribution is -2.52. The second kappa shape index (κ2) is 6.45. The smallest absolute Gasteiger partial charge is 0.281 e. The molecule has 0 aliphatic heterocycles. The Kier molecular flexibility index (Phi) is 5.60. The van der Waals surface area contributed by atoms with Crippen molar-refractivity contribution < 1.29 is 47.5 Å². The molecule has 0 aliphatic rings. The summed E-state index contributed by atoms with van der Waals surface area (Å²) in [6, 6.07) is 2.51. The van der Waals surface area contributed by atoms with E-state index in [1.54, 1.807) is 6.92 Å². The van der Waals surface area contributed by atoms with Crippen LogP contribution in [0.15, 0.2) is 17.0 Å². The summed E-state index contributed by atoms with van der Waals surface area (Å²) < 4.78 is 123. The van der Waals surface area contributed by atoms with Crippen LogP contribution < -0.4 is 0 Å². The molecular formula is C12H13F5O6S2. The number of benzene rings is 1. The number of hydrogen-bond acceptors (Lipinski definition) is 5. The van der Waals surface area contributed by atoms with E-state index in [4.69, 9.17) is 4.55 Å². The van der Waals surface area contributed by atoms with E-state index in [-0.39, 0.29) is 11.1 Å². The number of halogens is 5. The van der Waals surface area contributed by atoms with E-state index in [9.17, 15) is 38.8 Å². The van der Waals surface area contributed by atoms with Gasteiger partial charge in [0.1, 0.15) is 0 Å². The molecule has 1 aromatic rings. The molecular weight excluding hydrogens is 399 g/mol. The predicted octanol–water partition coefficient (Wildman–Crippen LogP) is 2.73. The van der Waals surface area contributed by atoms with Gasteiger partial charge in [-0.15, -0.1) is 0 Å². The Morgan fingerprint density at radius 2 is 1.36 bits per heavy atom. The van der Waals surface area contributed by atoms with Crippen molar-refractivity contribution in [1.29, 1.82) is 0 Å². The molecule has 0 bridgehead atoms. The predicted molar refractivity (Wildman–Crippen MR) is 75.3 cm³/mol. The molecule has 0 aliphatic carbocycles. The number of rotatable bonds is 5. The SMILES string of the molecule is Cc1cc(C)c(S(=O)(=O)OC(C(F)(F)F)C(F)(F)S(=O)(=O)O)c(C)c1. The normalized spacial score (nSPS) is 15.2. The Labute approximate surface area is 140 Å². The van der Waals surface area contributed by atoms with Crippen LogP contribution in [-0.4, -0.2) is 38.9 Å². The maximum atomic E-state index is 13.5. The maximum Gasteiger partial charge on any atom is 0.423 e. The number of alkyl halides is 5. The fraction of sp³-hybridized carbons (Fsp3) is 0.500. The Balaban J connectivity index is 3.54. The van der Waals surface area contributed by atoms with Crippen LogP contribution in [0.3, 0.4) is 0 Å². The molecule has 1 rings (SSSR count). The van der Waals surface area contributed by atoms with Crippen LogP contribution in [0.5, 0.6) is 0 Å². The van der Waals surface area contributed by atoms with Crippen molar-refractivity contribution in [2.75, 3.05) is 0 Å². The molecule has 0 radical (unpaired) electrons. The molecule has 1 N–H and O–H groups in total. The summed E-state index contributed by atoms with van der Waals surface area (Å²) in [6.45, 7) is 3.95. The largest absolute Gasteiger partial charge is 0.423 e. The van der Waals surface area contributed by atoms with Crippen LogP contribution in [0.4, 0.5) is 22.0 Å². The quantitative estimate of drug-likeness (QED) is 0.454. The van der Waals surface area contributed by atoms with E-state index in [2.05, 4.69) is 4.18 Å². The fourth-order valence-electron chi connectivity index (χ4n) is 2.17. The summed E-state index contributed by atoms with van der Waals surface area (Å²) in [5.41, 5.74) is 0.367. The van der Waals surface area contributed by atoms with E-state index < -0.39 is 42.7 Å². The summed E-state index contributed by atoms with van der Waals surface area (Å²) in [5.74, 6) is 0. The first-order valence-electron chi connectivity index (χ1n) is 6.34. The zero-order valence-electron chi connectivity index (χ0n) is 12.9. The lowest BCUT2D eigenvalue weighted by atomic mass is 10.1. The average Bonchev–Trinajstić information content (AvgIpc) is 2.31. The van der Waals surface area contributed by atoms with Crippen molar-refractivity contribution in [3.63, 3.8) is 0 Å². The molecule has 0 heterocycles. The second-order valence-corrected chi connectivity index (χ2v) is 8.24. The van der Waals surface area contributed by atoms with Crippen LogP contribution in [0.25, 0.3) is 0 Å². The lowest BCUT2D eigenvalue weighted by Gasteiger charge is -2.26. The molecule has 0 spiro atoms. The Bertz CT molecular complexity index is 851. The minimum atomic E-state index is -6.61. The van der Waals surface area contributed by atoms with Gasteiger partial charge >= 0.3 is 21.5 Å². The van der Waals surface area contributed by atoms with Gasteiger partial charge < -0.3 is 0 Å².